The first-order valence-corrected chi connectivity index (χ1v) is 8.92. The van der Waals surface area contributed by atoms with E-state index in [9.17, 15) is 28.8 Å². The normalized spacial score (nSPS) is 10.0. The van der Waals surface area contributed by atoms with Gasteiger partial charge in [0.25, 0.3) is 0 Å². The Labute approximate surface area is 171 Å². The van der Waals surface area contributed by atoms with E-state index in [-0.39, 0.29) is 39.3 Å². The lowest BCUT2D eigenvalue weighted by atomic mass is 10.5. The molecule has 1 aromatic rings. The van der Waals surface area contributed by atoms with Crippen LogP contribution in [-0.2, 0) is 34.0 Å². The second-order valence-corrected chi connectivity index (χ2v) is 5.79. The lowest BCUT2D eigenvalue weighted by Gasteiger charge is -2.14. The zero-order valence-corrected chi connectivity index (χ0v) is 16.4. The minimum Gasteiger partial charge on any atom is -0.351 e. The summed E-state index contributed by atoms with van der Waals surface area (Å²) in [6, 6.07) is 0. The molecular formula is C18H24N6O6. The maximum absolute atomic E-state index is 12.6. The van der Waals surface area contributed by atoms with Gasteiger partial charge in [-0.15, -0.1) is 0 Å². The number of hydrogen-bond donors (Lipinski definition) is 3. The standard InChI is InChI=1S/C18H24N6O6/c1-4-13(25)19-7-10-22-16(28)23(11-8-20-14(26)5-2)18(30)24(17(22)29)12-9-21-15(27)6-3/h4-6H,1-3,7-12H2,(H,19,25)(H,20,26)(H,21,27). The van der Waals surface area contributed by atoms with Crippen molar-refractivity contribution in [3.63, 3.8) is 0 Å². The molecule has 0 unspecified atom stereocenters. The van der Waals surface area contributed by atoms with Crippen LogP contribution in [0.4, 0.5) is 0 Å². The van der Waals surface area contributed by atoms with Crippen molar-refractivity contribution in [2.75, 3.05) is 19.6 Å². The van der Waals surface area contributed by atoms with Gasteiger partial charge in [-0.05, 0) is 18.2 Å². The van der Waals surface area contributed by atoms with Crippen LogP contribution in [0.5, 0.6) is 0 Å². The van der Waals surface area contributed by atoms with E-state index in [1.54, 1.807) is 0 Å². The Hall–Kier alpha value is -3.96. The van der Waals surface area contributed by atoms with Gasteiger partial charge in [-0.2, -0.15) is 0 Å². The molecule has 1 rings (SSSR count). The van der Waals surface area contributed by atoms with Crippen molar-refractivity contribution in [2.24, 2.45) is 0 Å². The Kier molecular flexibility index (Phi) is 9.46. The number of hydrogen-bond acceptors (Lipinski definition) is 6. The Morgan fingerprint density at radius 2 is 0.833 bits per heavy atom. The number of rotatable bonds is 12. The fraction of sp³-hybridized carbons (Fsp3) is 0.333. The summed E-state index contributed by atoms with van der Waals surface area (Å²) in [6.45, 7) is 9.12. The lowest BCUT2D eigenvalue weighted by Crippen LogP contribution is -2.56. The van der Waals surface area contributed by atoms with Gasteiger partial charge in [-0.1, -0.05) is 19.7 Å². The maximum atomic E-state index is 12.6. The van der Waals surface area contributed by atoms with E-state index in [1.807, 2.05) is 0 Å². The van der Waals surface area contributed by atoms with Crippen molar-refractivity contribution in [3.05, 3.63) is 69.4 Å². The summed E-state index contributed by atoms with van der Waals surface area (Å²) in [7, 11) is 0. The van der Waals surface area contributed by atoms with Gasteiger partial charge in [0, 0.05) is 39.3 Å². The second kappa shape index (κ2) is 11.8. The summed E-state index contributed by atoms with van der Waals surface area (Å²) in [5, 5.41) is 7.30. The fourth-order valence-electron chi connectivity index (χ4n) is 2.35. The van der Waals surface area contributed by atoms with E-state index in [1.165, 1.54) is 0 Å². The second-order valence-electron chi connectivity index (χ2n) is 5.79. The van der Waals surface area contributed by atoms with Crippen molar-refractivity contribution < 1.29 is 14.4 Å². The smallest absolute Gasteiger partial charge is 0.336 e. The van der Waals surface area contributed by atoms with Crippen LogP contribution in [0.25, 0.3) is 0 Å². The van der Waals surface area contributed by atoms with Crippen LogP contribution in [0.3, 0.4) is 0 Å². The van der Waals surface area contributed by atoms with Gasteiger partial charge in [-0.25, -0.2) is 28.1 Å². The van der Waals surface area contributed by atoms with Crippen LogP contribution in [0.1, 0.15) is 0 Å². The SMILES string of the molecule is C=CC(=O)NCCn1c(=O)n(CCNC(=O)C=C)c(=O)n(CCNC(=O)C=C)c1=O. The summed E-state index contributed by atoms with van der Waals surface area (Å²) in [4.78, 5) is 71.8. The first kappa shape index (κ1) is 24.1. The van der Waals surface area contributed by atoms with E-state index in [0.717, 1.165) is 31.9 Å². The van der Waals surface area contributed by atoms with Crippen LogP contribution in [0.15, 0.2) is 52.3 Å². The summed E-state index contributed by atoms with van der Waals surface area (Å²) in [5.74, 6) is -1.47. The Bertz CT molecular complexity index is 857. The molecule has 1 aromatic heterocycles. The molecule has 0 aromatic carbocycles. The number of nitrogens with one attached hydrogen (secondary N) is 3. The van der Waals surface area contributed by atoms with Gasteiger partial charge in [-0.3, -0.25) is 14.4 Å². The lowest BCUT2D eigenvalue weighted by molar-refractivity contribution is -0.117. The molecule has 1 heterocycles. The molecule has 30 heavy (non-hydrogen) atoms. The third-order valence-electron chi connectivity index (χ3n) is 3.85. The Balaban J connectivity index is 3.24. The fourth-order valence-corrected chi connectivity index (χ4v) is 2.35. The van der Waals surface area contributed by atoms with Gasteiger partial charge < -0.3 is 16.0 Å². The van der Waals surface area contributed by atoms with Gasteiger partial charge in [0.2, 0.25) is 17.7 Å². The summed E-state index contributed by atoms with van der Waals surface area (Å²) >= 11 is 0. The topological polar surface area (TPSA) is 153 Å². The molecule has 0 saturated carbocycles. The van der Waals surface area contributed by atoms with Gasteiger partial charge >= 0.3 is 17.1 Å². The average molecular weight is 420 g/mol. The highest BCUT2D eigenvalue weighted by atomic mass is 16.2. The highest BCUT2D eigenvalue weighted by Gasteiger charge is 2.15. The zero-order chi connectivity index (χ0) is 22.7. The van der Waals surface area contributed by atoms with Crippen LogP contribution in [-0.4, -0.2) is 51.1 Å². The number of amides is 3. The van der Waals surface area contributed by atoms with Crippen molar-refractivity contribution in [3.8, 4) is 0 Å². The van der Waals surface area contributed by atoms with Gasteiger partial charge in [0.15, 0.2) is 0 Å². The zero-order valence-electron chi connectivity index (χ0n) is 16.4. The highest BCUT2D eigenvalue weighted by molar-refractivity contribution is 5.87. The van der Waals surface area contributed by atoms with Gasteiger partial charge in [0.1, 0.15) is 0 Å². The molecule has 3 amide bonds. The molecule has 162 valence electrons. The highest BCUT2D eigenvalue weighted by Crippen LogP contribution is 1.80. The molecule has 0 saturated heterocycles. The third-order valence-corrected chi connectivity index (χ3v) is 3.85. The van der Waals surface area contributed by atoms with Crippen molar-refractivity contribution in [2.45, 2.75) is 19.6 Å². The van der Waals surface area contributed by atoms with Crippen LogP contribution < -0.4 is 33.0 Å². The minimum absolute atomic E-state index is 0.0569. The number of carbonyl (C=O) groups is 3. The van der Waals surface area contributed by atoms with Crippen molar-refractivity contribution in [1.29, 1.82) is 0 Å². The number of nitrogens with zero attached hydrogens (tertiary/aromatic N) is 3. The molecule has 0 bridgehead atoms. The molecule has 0 spiro atoms. The van der Waals surface area contributed by atoms with E-state index in [2.05, 4.69) is 35.7 Å². The summed E-state index contributed by atoms with van der Waals surface area (Å²) in [6.07, 6.45) is 3.10. The van der Waals surface area contributed by atoms with E-state index in [0.29, 0.717) is 0 Å². The molecule has 0 aliphatic heterocycles. The van der Waals surface area contributed by atoms with Crippen LogP contribution >= 0.6 is 0 Å². The number of carbonyl (C=O) groups excluding carboxylic acids is 3. The van der Waals surface area contributed by atoms with E-state index in [4.69, 9.17) is 0 Å². The molecule has 3 N–H and O–H groups in total. The van der Waals surface area contributed by atoms with E-state index < -0.39 is 34.8 Å². The molecular weight excluding hydrogens is 396 g/mol. The van der Waals surface area contributed by atoms with Crippen molar-refractivity contribution in [1.82, 2.24) is 29.7 Å². The molecule has 0 fully saturated rings. The minimum atomic E-state index is -0.892. The molecule has 0 radical (unpaired) electrons. The molecule has 0 atom stereocenters. The van der Waals surface area contributed by atoms with Gasteiger partial charge in [0.05, 0.1) is 0 Å². The predicted octanol–water partition coefficient (Wildman–Crippen LogP) is -2.92. The monoisotopic (exact) mass is 420 g/mol. The molecule has 0 aliphatic rings. The van der Waals surface area contributed by atoms with E-state index >= 15 is 0 Å². The Morgan fingerprint density at radius 1 is 0.600 bits per heavy atom. The molecule has 0 aliphatic carbocycles. The third kappa shape index (κ3) is 6.58. The number of aromatic nitrogens is 3. The quantitative estimate of drug-likeness (QED) is 0.308. The summed E-state index contributed by atoms with van der Waals surface area (Å²) < 4.78 is 2.36. The van der Waals surface area contributed by atoms with Crippen LogP contribution in [0, 0.1) is 0 Å². The summed E-state index contributed by atoms with van der Waals surface area (Å²) in [5.41, 5.74) is -2.67. The average Bonchev–Trinajstić information content (AvgIpc) is 2.74. The molecule has 12 heteroatoms. The molecule has 12 nitrogen and oxygen atoms in total. The van der Waals surface area contributed by atoms with Crippen LogP contribution in [0.2, 0.25) is 0 Å². The largest absolute Gasteiger partial charge is 0.351 e. The predicted molar refractivity (Wildman–Crippen MR) is 109 cm³/mol. The van der Waals surface area contributed by atoms with Crippen molar-refractivity contribution >= 4 is 17.7 Å². The first-order valence-electron chi connectivity index (χ1n) is 8.92. The Morgan fingerprint density at radius 3 is 1.03 bits per heavy atom. The first-order chi connectivity index (χ1) is 14.3. The maximum Gasteiger partial charge on any atom is 0.336 e.